The highest BCUT2D eigenvalue weighted by molar-refractivity contribution is 6.20. The monoisotopic (exact) mass is 516 g/mol. The van der Waals surface area contributed by atoms with E-state index in [4.69, 9.17) is 37.9 Å². The van der Waals surface area contributed by atoms with E-state index < -0.39 is 17.5 Å². The van der Waals surface area contributed by atoms with Gasteiger partial charge in [-0.1, -0.05) is 6.07 Å². The van der Waals surface area contributed by atoms with Gasteiger partial charge in [0.2, 0.25) is 5.75 Å². The number of esters is 1. The molecule has 0 saturated heterocycles. The van der Waals surface area contributed by atoms with E-state index >= 15 is 0 Å². The van der Waals surface area contributed by atoms with E-state index in [-0.39, 0.29) is 46.3 Å². The Labute approximate surface area is 213 Å². The molecule has 0 radical (unpaired) electrons. The van der Waals surface area contributed by atoms with Crippen molar-refractivity contribution >= 4 is 22.7 Å². The second-order valence-corrected chi connectivity index (χ2v) is 7.44. The minimum Gasteiger partial charge on any atom is -0.493 e. The zero-order chi connectivity index (χ0) is 27.3. The highest BCUT2D eigenvalue weighted by Crippen LogP contribution is 2.52. The number of carboxylic acid groups (broad SMARTS) is 1. The van der Waals surface area contributed by atoms with Crippen molar-refractivity contribution in [2.75, 3.05) is 56.6 Å². The number of fused-ring (bicyclic) bond motifs is 1. The third-order valence-electron chi connectivity index (χ3n) is 5.65. The third-order valence-corrected chi connectivity index (χ3v) is 5.65. The number of carboxylic acids is 1. The average Bonchev–Trinajstić information content (AvgIpc) is 2.92. The van der Waals surface area contributed by atoms with Crippen LogP contribution in [0, 0.1) is 0 Å². The van der Waals surface area contributed by atoms with Crippen LogP contribution in [-0.4, -0.2) is 73.6 Å². The van der Waals surface area contributed by atoms with E-state index in [9.17, 15) is 14.7 Å². The molecule has 0 aromatic heterocycles. The lowest BCUT2D eigenvalue weighted by Gasteiger charge is -2.23. The molecule has 37 heavy (non-hydrogen) atoms. The van der Waals surface area contributed by atoms with Crippen LogP contribution < -0.4 is 28.4 Å². The second-order valence-electron chi connectivity index (χ2n) is 7.44. The number of methoxy groups -OCH3 is 7. The smallest absolute Gasteiger partial charge is 0.340 e. The SMILES string of the molecule is COCOc1c(C(=O)O)c(C(=O)OC)c(-c2ccc(OC)c(OC)c2)c2c(OC)c(OC)c(OC)cc12. The van der Waals surface area contributed by atoms with Crippen molar-refractivity contribution in [1.29, 1.82) is 0 Å². The van der Waals surface area contributed by atoms with Gasteiger partial charge in [-0.3, -0.25) is 0 Å². The summed E-state index contributed by atoms with van der Waals surface area (Å²) >= 11 is 0. The number of carbonyl (C=O) groups excluding carboxylic acids is 1. The normalized spacial score (nSPS) is 10.6. The first-order valence-electron chi connectivity index (χ1n) is 10.8. The summed E-state index contributed by atoms with van der Waals surface area (Å²) in [6.07, 6.45) is 0. The number of rotatable bonds is 11. The van der Waals surface area contributed by atoms with Crippen molar-refractivity contribution in [1.82, 2.24) is 0 Å². The first-order chi connectivity index (χ1) is 17.8. The molecule has 0 atom stereocenters. The molecule has 0 unspecified atom stereocenters. The Balaban J connectivity index is 2.74. The van der Waals surface area contributed by atoms with Gasteiger partial charge in [-0.05, 0) is 23.8 Å². The molecule has 0 amide bonds. The molecule has 0 aliphatic heterocycles. The molecular formula is C26H28O11. The molecule has 0 aliphatic rings. The molecule has 0 saturated carbocycles. The minimum atomic E-state index is -1.43. The lowest BCUT2D eigenvalue weighted by Crippen LogP contribution is -2.16. The topological polar surface area (TPSA) is 128 Å². The van der Waals surface area contributed by atoms with Crippen molar-refractivity contribution < 1.29 is 52.6 Å². The van der Waals surface area contributed by atoms with Crippen LogP contribution in [0.4, 0.5) is 0 Å². The Hall–Kier alpha value is -4.38. The highest BCUT2D eigenvalue weighted by atomic mass is 16.7. The van der Waals surface area contributed by atoms with Crippen LogP contribution in [-0.2, 0) is 9.47 Å². The summed E-state index contributed by atoms with van der Waals surface area (Å²) < 4.78 is 43.4. The van der Waals surface area contributed by atoms with Crippen LogP contribution in [0.25, 0.3) is 21.9 Å². The molecule has 0 bridgehead atoms. The van der Waals surface area contributed by atoms with Gasteiger partial charge < -0.3 is 43.0 Å². The summed E-state index contributed by atoms with van der Waals surface area (Å²) in [5.74, 6) is -1.07. The van der Waals surface area contributed by atoms with Gasteiger partial charge in [0, 0.05) is 23.4 Å². The predicted molar refractivity (Wildman–Crippen MR) is 133 cm³/mol. The molecule has 0 fully saturated rings. The maximum Gasteiger partial charge on any atom is 0.340 e. The van der Waals surface area contributed by atoms with Crippen molar-refractivity contribution in [2.24, 2.45) is 0 Å². The Morgan fingerprint density at radius 2 is 1.38 bits per heavy atom. The van der Waals surface area contributed by atoms with Gasteiger partial charge in [-0.15, -0.1) is 0 Å². The van der Waals surface area contributed by atoms with E-state index in [1.54, 1.807) is 24.3 Å². The highest BCUT2D eigenvalue weighted by Gasteiger charge is 2.34. The number of hydrogen-bond acceptors (Lipinski definition) is 10. The zero-order valence-electron chi connectivity index (χ0n) is 21.5. The first kappa shape index (κ1) is 27.2. The van der Waals surface area contributed by atoms with Crippen molar-refractivity contribution in [2.45, 2.75) is 0 Å². The van der Waals surface area contributed by atoms with E-state index in [0.717, 1.165) is 7.11 Å². The summed E-state index contributed by atoms with van der Waals surface area (Å²) in [7, 11) is 9.74. The zero-order valence-corrected chi connectivity index (χ0v) is 21.5. The number of aromatic carboxylic acids is 1. The summed E-state index contributed by atoms with van der Waals surface area (Å²) in [4.78, 5) is 25.9. The summed E-state index contributed by atoms with van der Waals surface area (Å²) in [6, 6.07) is 6.43. The predicted octanol–water partition coefficient (Wildman–Crippen LogP) is 4.02. The first-order valence-corrected chi connectivity index (χ1v) is 10.8. The summed E-state index contributed by atoms with van der Waals surface area (Å²) in [5, 5.41) is 10.9. The van der Waals surface area contributed by atoms with E-state index in [1.807, 2.05) is 0 Å². The van der Waals surface area contributed by atoms with Crippen molar-refractivity contribution in [3.63, 3.8) is 0 Å². The third kappa shape index (κ3) is 4.73. The Bertz CT molecular complexity index is 1330. The Morgan fingerprint density at radius 1 is 0.730 bits per heavy atom. The van der Waals surface area contributed by atoms with Gasteiger partial charge in [0.1, 0.15) is 11.3 Å². The maximum absolute atomic E-state index is 13.2. The molecule has 0 spiro atoms. The fourth-order valence-electron chi connectivity index (χ4n) is 4.14. The number of benzene rings is 3. The molecule has 0 aliphatic carbocycles. The van der Waals surface area contributed by atoms with Gasteiger partial charge in [0.05, 0.1) is 48.2 Å². The lowest BCUT2D eigenvalue weighted by molar-refractivity contribution is 0.0480. The van der Waals surface area contributed by atoms with Gasteiger partial charge >= 0.3 is 11.9 Å². The molecular weight excluding hydrogens is 488 g/mol. The van der Waals surface area contributed by atoms with Gasteiger partial charge in [-0.25, -0.2) is 9.59 Å². The molecule has 3 aromatic carbocycles. The van der Waals surface area contributed by atoms with Crippen molar-refractivity contribution in [3.8, 4) is 45.6 Å². The molecule has 0 heterocycles. The van der Waals surface area contributed by atoms with E-state index in [0.29, 0.717) is 22.4 Å². The quantitative estimate of drug-likeness (QED) is 0.293. The van der Waals surface area contributed by atoms with Crippen LogP contribution >= 0.6 is 0 Å². The molecule has 198 valence electrons. The van der Waals surface area contributed by atoms with Gasteiger partial charge in [0.25, 0.3) is 0 Å². The molecule has 1 N–H and O–H groups in total. The van der Waals surface area contributed by atoms with Crippen molar-refractivity contribution in [3.05, 3.63) is 35.4 Å². The standard InChI is InChI=1S/C26H28O11/c1-30-12-37-22-14-11-17(33-4)23(34-5)24(35-6)19(14)18(20(26(29)36-7)21(22)25(27)28)13-8-9-15(31-2)16(10-13)32-3/h8-11H,12H2,1-7H3,(H,27,28). The molecule has 11 nitrogen and oxygen atoms in total. The van der Waals surface area contributed by atoms with Crippen LogP contribution in [0.1, 0.15) is 20.7 Å². The van der Waals surface area contributed by atoms with Gasteiger partial charge in [0.15, 0.2) is 29.8 Å². The lowest BCUT2D eigenvalue weighted by atomic mass is 9.87. The van der Waals surface area contributed by atoms with Crippen LogP contribution in [0.5, 0.6) is 34.5 Å². The van der Waals surface area contributed by atoms with Crippen LogP contribution in [0.2, 0.25) is 0 Å². The van der Waals surface area contributed by atoms with Crippen LogP contribution in [0.15, 0.2) is 24.3 Å². The number of hydrogen-bond donors (Lipinski definition) is 1. The number of carbonyl (C=O) groups is 2. The summed E-state index contributed by atoms with van der Waals surface area (Å²) in [6.45, 7) is -0.303. The summed E-state index contributed by atoms with van der Waals surface area (Å²) in [5.41, 5.74) is -0.112. The molecule has 11 heteroatoms. The Kier molecular flexibility index (Phi) is 8.51. The fraction of sp³-hybridized carbons (Fsp3) is 0.308. The largest absolute Gasteiger partial charge is 0.493 e. The molecule has 3 rings (SSSR count). The molecule has 3 aromatic rings. The van der Waals surface area contributed by atoms with E-state index in [1.165, 1.54) is 42.7 Å². The fourth-order valence-corrected chi connectivity index (χ4v) is 4.14. The van der Waals surface area contributed by atoms with E-state index in [2.05, 4.69) is 0 Å². The Morgan fingerprint density at radius 3 is 1.89 bits per heavy atom. The average molecular weight is 516 g/mol. The minimum absolute atomic E-state index is 0.145. The maximum atomic E-state index is 13.2. The van der Waals surface area contributed by atoms with Crippen LogP contribution in [0.3, 0.4) is 0 Å². The second kappa shape index (κ2) is 11.6. The number of ether oxygens (including phenoxy) is 8. The van der Waals surface area contributed by atoms with Gasteiger partial charge in [-0.2, -0.15) is 0 Å².